The largest absolute Gasteiger partial charge is 0.432 e. The number of hydrogen-bond donors (Lipinski definition) is 2. The first-order valence-corrected chi connectivity index (χ1v) is 13.2. The van der Waals surface area contributed by atoms with Crippen LogP contribution in [0.25, 0.3) is 22.2 Å². The first-order chi connectivity index (χ1) is 18.7. The summed E-state index contributed by atoms with van der Waals surface area (Å²) < 4.78 is 5.78. The molecule has 0 saturated carbocycles. The van der Waals surface area contributed by atoms with Crippen molar-refractivity contribution >= 4 is 28.6 Å². The SMILES string of the molecule is CC(C)(C)[C@H](NC(=O)c1cc2ccccc2[nH]1)C(=O)N1C[C@@H]2C[C@H]1CN2C(=O)c1ncc(-c2ccccc2)o1. The predicted octanol–water partition coefficient (Wildman–Crippen LogP) is 4.09. The lowest BCUT2D eigenvalue weighted by Gasteiger charge is -2.39. The molecule has 3 atom stereocenters. The molecule has 2 N–H and O–H groups in total. The molecule has 2 saturated heterocycles. The Morgan fingerprint density at radius 2 is 1.69 bits per heavy atom. The van der Waals surface area contributed by atoms with Gasteiger partial charge in [-0.3, -0.25) is 14.4 Å². The van der Waals surface area contributed by atoms with Gasteiger partial charge in [-0.05, 0) is 24.0 Å². The van der Waals surface area contributed by atoms with Gasteiger partial charge in [0.2, 0.25) is 5.91 Å². The maximum absolute atomic E-state index is 13.8. The van der Waals surface area contributed by atoms with E-state index in [1.165, 1.54) is 0 Å². The van der Waals surface area contributed by atoms with Gasteiger partial charge in [0.1, 0.15) is 11.7 Å². The second-order valence-electron chi connectivity index (χ2n) is 11.4. The summed E-state index contributed by atoms with van der Waals surface area (Å²) in [5.41, 5.74) is 1.62. The number of hydrogen-bond acceptors (Lipinski definition) is 5. The third kappa shape index (κ3) is 4.58. The first-order valence-electron chi connectivity index (χ1n) is 13.2. The number of rotatable bonds is 5. The fourth-order valence-electron chi connectivity index (χ4n) is 5.64. The molecule has 6 rings (SSSR count). The number of likely N-dealkylation sites (tertiary alicyclic amines) is 2. The molecule has 4 aromatic rings. The van der Waals surface area contributed by atoms with Gasteiger partial charge in [0.05, 0.1) is 18.3 Å². The van der Waals surface area contributed by atoms with Crippen LogP contribution in [0.3, 0.4) is 0 Å². The summed E-state index contributed by atoms with van der Waals surface area (Å²) in [4.78, 5) is 51.1. The summed E-state index contributed by atoms with van der Waals surface area (Å²) >= 11 is 0. The van der Waals surface area contributed by atoms with Crippen molar-refractivity contribution in [2.24, 2.45) is 5.41 Å². The Morgan fingerprint density at radius 3 is 2.38 bits per heavy atom. The van der Waals surface area contributed by atoms with E-state index in [-0.39, 0.29) is 35.7 Å². The van der Waals surface area contributed by atoms with Gasteiger partial charge in [0.15, 0.2) is 5.76 Å². The van der Waals surface area contributed by atoms with Crippen LogP contribution in [0.4, 0.5) is 0 Å². The number of nitrogens with zero attached hydrogens (tertiary/aromatic N) is 3. The number of carbonyl (C=O) groups excluding carboxylic acids is 3. The van der Waals surface area contributed by atoms with Crippen LogP contribution in [-0.2, 0) is 4.79 Å². The fourth-order valence-corrected chi connectivity index (χ4v) is 5.64. The number of amides is 3. The minimum atomic E-state index is -0.722. The number of oxazole rings is 1. The number of H-pyrrole nitrogens is 1. The Labute approximate surface area is 226 Å². The molecular weight excluding hydrogens is 494 g/mol. The Morgan fingerprint density at radius 1 is 1.00 bits per heavy atom. The number of aromatic nitrogens is 2. The van der Waals surface area contributed by atoms with Crippen molar-refractivity contribution in [1.82, 2.24) is 25.1 Å². The molecule has 9 heteroatoms. The summed E-state index contributed by atoms with van der Waals surface area (Å²) in [6, 6.07) is 18.0. The quantitative estimate of drug-likeness (QED) is 0.408. The molecule has 0 spiro atoms. The maximum Gasteiger partial charge on any atom is 0.310 e. The summed E-state index contributed by atoms with van der Waals surface area (Å²) in [7, 11) is 0. The minimum absolute atomic E-state index is 0.0532. The highest BCUT2D eigenvalue weighted by Crippen LogP contribution is 2.34. The molecule has 0 radical (unpaired) electrons. The Kier molecular flexibility index (Phi) is 6.01. The lowest BCUT2D eigenvalue weighted by molar-refractivity contribution is -0.138. The van der Waals surface area contributed by atoms with Gasteiger partial charge in [0.25, 0.3) is 11.8 Å². The van der Waals surface area contributed by atoms with E-state index in [4.69, 9.17) is 4.42 Å². The molecule has 0 unspecified atom stereocenters. The van der Waals surface area contributed by atoms with E-state index >= 15 is 0 Å². The van der Waals surface area contributed by atoms with Gasteiger partial charge in [0, 0.05) is 29.6 Å². The minimum Gasteiger partial charge on any atom is -0.432 e. The molecule has 39 heavy (non-hydrogen) atoms. The molecular formula is C30H31N5O4. The molecule has 4 heterocycles. The van der Waals surface area contributed by atoms with Crippen molar-refractivity contribution in [2.45, 2.75) is 45.3 Å². The predicted molar refractivity (Wildman–Crippen MR) is 146 cm³/mol. The Balaban J connectivity index is 1.14. The molecule has 0 aliphatic carbocycles. The van der Waals surface area contributed by atoms with Crippen molar-refractivity contribution < 1.29 is 18.8 Å². The van der Waals surface area contributed by atoms with E-state index in [0.29, 0.717) is 31.0 Å². The number of benzene rings is 2. The topological polar surface area (TPSA) is 112 Å². The van der Waals surface area contributed by atoms with E-state index in [9.17, 15) is 14.4 Å². The van der Waals surface area contributed by atoms with Crippen LogP contribution in [-0.4, -0.2) is 68.7 Å². The molecule has 2 aromatic heterocycles. The van der Waals surface area contributed by atoms with Crippen LogP contribution in [0, 0.1) is 5.41 Å². The standard InChI is InChI=1S/C30H31N5O4/c1-30(2,3)25(33-26(36)23-13-19-11-7-8-12-22(19)32-23)28(37)34-16-21-14-20(34)17-35(21)29(38)27-31-15-24(39-27)18-9-5-4-6-10-18/h4-13,15,20-21,25,32H,14,16-17H2,1-3H3,(H,33,36)/t20-,21-,25+/m0/s1. The second-order valence-corrected chi connectivity index (χ2v) is 11.4. The van der Waals surface area contributed by atoms with E-state index < -0.39 is 11.5 Å². The highest BCUT2D eigenvalue weighted by atomic mass is 16.4. The number of nitrogens with one attached hydrogen (secondary N) is 2. The molecule has 200 valence electrons. The van der Waals surface area contributed by atoms with E-state index in [1.54, 1.807) is 17.2 Å². The van der Waals surface area contributed by atoms with E-state index in [1.807, 2.05) is 80.3 Å². The molecule has 9 nitrogen and oxygen atoms in total. The van der Waals surface area contributed by atoms with E-state index in [0.717, 1.165) is 16.5 Å². The average Bonchev–Trinajstić information content (AvgIpc) is 3.73. The monoisotopic (exact) mass is 525 g/mol. The third-order valence-electron chi connectivity index (χ3n) is 7.69. The lowest BCUT2D eigenvalue weighted by atomic mass is 9.85. The van der Waals surface area contributed by atoms with Gasteiger partial charge in [-0.1, -0.05) is 69.3 Å². The Bertz CT molecular complexity index is 1520. The molecule has 2 fully saturated rings. The highest BCUT2D eigenvalue weighted by Gasteiger charge is 2.50. The summed E-state index contributed by atoms with van der Waals surface area (Å²) in [5, 5.41) is 3.92. The van der Waals surface area contributed by atoms with Crippen LogP contribution in [0.2, 0.25) is 0 Å². The number of fused-ring (bicyclic) bond motifs is 3. The number of carbonyl (C=O) groups is 3. The summed E-state index contributed by atoms with van der Waals surface area (Å²) in [6.45, 7) is 6.65. The van der Waals surface area contributed by atoms with Crippen molar-refractivity contribution in [3.8, 4) is 11.3 Å². The smallest absolute Gasteiger partial charge is 0.310 e. The van der Waals surface area contributed by atoms with Crippen molar-refractivity contribution in [2.75, 3.05) is 13.1 Å². The molecule has 2 aromatic carbocycles. The molecule has 2 aliphatic heterocycles. The number of aromatic amines is 1. The van der Waals surface area contributed by atoms with Crippen LogP contribution < -0.4 is 5.32 Å². The van der Waals surface area contributed by atoms with Crippen LogP contribution in [0.1, 0.15) is 48.4 Å². The van der Waals surface area contributed by atoms with Crippen LogP contribution in [0.5, 0.6) is 0 Å². The maximum atomic E-state index is 13.8. The average molecular weight is 526 g/mol. The molecule has 2 aliphatic rings. The van der Waals surface area contributed by atoms with Crippen LogP contribution in [0.15, 0.2) is 71.3 Å². The van der Waals surface area contributed by atoms with Crippen molar-refractivity contribution in [3.63, 3.8) is 0 Å². The zero-order valence-electron chi connectivity index (χ0n) is 22.2. The summed E-state index contributed by atoms with van der Waals surface area (Å²) in [6.07, 6.45) is 2.26. The normalized spacial score (nSPS) is 19.5. The Hall–Kier alpha value is -4.40. The first kappa shape index (κ1) is 24.9. The van der Waals surface area contributed by atoms with E-state index in [2.05, 4.69) is 15.3 Å². The second kappa shape index (κ2) is 9.41. The lowest BCUT2D eigenvalue weighted by Crippen LogP contribution is -2.59. The number of para-hydroxylation sites is 1. The molecule has 2 bridgehead atoms. The summed E-state index contributed by atoms with van der Waals surface area (Å²) in [5.74, 6) is -0.125. The fraction of sp³-hybridized carbons (Fsp3) is 0.333. The van der Waals surface area contributed by atoms with Gasteiger partial charge in [-0.2, -0.15) is 0 Å². The van der Waals surface area contributed by atoms with Gasteiger partial charge >= 0.3 is 5.91 Å². The zero-order valence-corrected chi connectivity index (χ0v) is 22.2. The highest BCUT2D eigenvalue weighted by molar-refractivity contribution is 6.00. The third-order valence-corrected chi connectivity index (χ3v) is 7.69. The van der Waals surface area contributed by atoms with Gasteiger partial charge < -0.3 is 24.5 Å². The number of piperazine rings is 1. The van der Waals surface area contributed by atoms with Gasteiger partial charge in [-0.25, -0.2) is 4.98 Å². The van der Waals surface area contributed by atoms with Gasteiger partial charge in [-0.15, -0.1) is 0 Å². The van der Waals surface area contributed by atoms with Crippen molar-refractivity contribution in [1.29, 1.82) is 0 Å². The van der Waals surface area contributed by atoms with Crippen LogP contribution >= 0.6 is 0 Å². The van der Waals surface area contributed by atoms with Crippen molar-refractivity contribution in [3.05, 3.63) is 78.4 Å². The zero-order chi connectivity index (χ0) is 27.3. The molecule has 3 amide bonds.